The minimum atomic E-state index is -0.977. The number of hydrogen-bond donors (Lipinski definition) is 2. The summed E-state index contributed by atoms with van der Waals surface area (Å²) in [6.45, 7) is 4.43. The van der Waals surface area contributed by atoms with Crippen molar-refractivity contribution < 1.29 is 9.90 Å². The van der Waals surface area contributed by atoms with Crippen molar-refractivity contribution in [3.05, 3.63) is 95.1 Å². The van der Waals surface area contributed by atoms with Gasteiger partial charge in [-0.05, 0) is 33.4 Å². The average Bonchev–Trinajstić information content (AvgIpc) is 3.02. The highest BCUT2D eigenvalue weighted by Gasteiger charge is 2.39. The third kappa shape index (κ3) is 2.66. The standard InChI is InChI=1S/C24H23NO2/c1-24(2,15-9-4-3-5-10-15)19-14-8-13-18-20(19)16-11-6-7-12-17(16)21(18)22(25)23(26)27/h3-14,21-22H,25H2,1-2H3,(H,26,27). The highest BCUT2D eigenvalue weighted by Crippen LogP contribution is 2.50. The molecule has 1 aliphatic carbocycles. The van der Waals surface area contributed by atoms with Crippen LogP contribution in [0, 0.1) is 0 Å². The summed E-state index contributed by atoms with van der Waals surface area (Å²) in [7, 11) is 0. The second kappa shape index (κ2) is 6.36. The molecule has 3 aromatic carbocycles. The van der Waals surface area contributed by atoms with Crippen LogP contribution in [0.1, 0.15) is 42.0 Å². The summed E-state index contributed by atoms with van der Waals surface area (Å²) in [5, 5.41) is 9.58. The van der Waals surface area contributed by atoms with Gasteiger partial charge in [-0.3, -0.25) is 4.79 Å². The van der Waals surface area contributed by atoms with Gasteiger partial charge in [-0.25, -0.2) is 0 Å². The van der Waals surface area contributed by atoms with E-state index in [1.165, 1.54) is 11.1 Å². The number of nitrogens with two attached hydrogens (primary N) is 1. The monoisotopic (exact) mass is 357 g/mol. The molecule has 0 radical (unpaired) electrons. The number of rotatable bonds is 4. The Hall–Kier alpha value is -2.91. The van der Waals surface area contributed by atoms with E-state index in [1.807, 2.05) is 36.4 Å². The van der Waals surface area contributed by atoms with Gasteiger partial charge in [0.2, 0.25) is 0 Å². The lowest BCUT2D eigenvalue weighted by molar-refractivity contribution is -0.138. The van der Waals surface area contributed by atoms with E-state index in [1.54, 1.807) is 0 Å². The molecule has 0 saturated carbocycles. The van der Waals surface area contributed by atoms with E-state index in [0.717, 1.165) is 22.3 Å². The number of carbonyl (C=O) groups is 1. The molecule has 136 valence electrons. The van der Waals surface area contributed by atoms with Crippen LogP contribution in [-0.2, 0) is 10.2 Å². The van der Waals surface area contributed by atoms with Crippen molar-refractivity contribution in [1.82, 2.24) is 0 Å². The van der Waals surface area contributed by atoms with E-state index in [4.69, 9.17) is 5.73 Å². The molecule has 0 saturated heterocycles. The molecule has 0 fully saturated rings. The third-order valence-corrected chi connectivity index (χ3v) is 5.81. The van der Waals surface area contributed by atoms with Crippen LogP contribution in [-0.4, -0.2) is 17.1 Å². The van der Waals surface area contributed by atoms with E-state index in [0.29, 0.717) is 0 Å². The van der Waals surface area contributed by atoms with Crippen LogP contribution in [0.15, 0.2) is 72.8 Å². The maximum absolute atomic E-state index is 11.7. The summed E-state index contributed by atoms with van der Waals surface area (Å²) in [5.41, 5.74) is 12.5. The van der Waals surface area contributed by atoms with Crippen LogP contribution >= 0.6 is 0 Å². The lowest BCUT2D eigenvalue weighted by atomic mass is 9.74. The molecule has 1 aliphatic rings. The predicted octanol–water partition coefficient (Wildman–Crippen LogP) is 4.54. The Morgan fingerprint density at radius 3 is 2.26 bits per heavy atom. The van der Waals surface area contributed by atoms with Gasteiger partial charge in [0, 0.05) is 11.3 Å². The van der Waals surface area contributed by atoms with Crippen molar-refractivity contribution in [3.8, 4) is 11.1 Å². The third-order valence-electron chi connectivity index (χ3n) is 5.81. The van der Waals surface area contributed by atoms with Gasteiger partial charge in [-0.15, -0.1) is 0 Å². The summed E-state index contributed by atoms with van der Waals surface area (Å²) in [5.74, 6) is -1.31. The molecule has 0 spiro atoms. The number of benzene rings is 3. The van der Waals surface area contributed by atoms with E-state index >= 15 is 0 Å². The van der Waals surface area contributed by atoms with E-state index < -0.39 is 12.0 Å². The Morgan fingerprint density at radius 2 is 1.56 bits per heavy atom. The second-order valence-electron chi connectivity index (χ2n) is 7.69. The Labute approximate surface area is 159 Å². The molecular weight excluding hydrogens is 334 g/mol. The lowest BCUT2D eigenvalue weighted by Crippen LogP contribution is -2.36. The molecule has 0 heterocycles. The van der Waals surface area contributed by atoms with Crippen molar-refractivity contribution >= 4 is 5.97 Å². The number of carboxylic acid groups (broad SMARTS) is 1. The summed E-state index contributed by atoms with van der Waals surface area (Å²) < 4.78 is 0. The molecule has 0 aliphatic heterocycles. The van der Waals surface area contributed by atoms with Gasteiger partial charge in [-0.2, -0.15) is 0 Å². The first kappa shape index (κ1) is 17.5. The molecule has 4 rings (SSSR count). The van der Waals surface area contributed by atoms with Gasteiger partial charge < -0.3 is 10.8 Å². The highest BCUT2D eigenvalue weighted by atomic mass is 16.4. The lowest BCUT2D eigenvalue weighted by Gasteiger charge is -2.29. The van der Waals surface area contributed by atoms with Crippen LogP contribution in [0.2, 0.25) is 0 Å². The molecule has 0 amide bonds. The van der Waals surface area contributed by atoms with Crippen LogP contribution < -0.4 is 5.73 Å². The largest absolute Gasteiger partial charge is 0.480 e. The summed E-state index contributed by atoms with van der Waals surface area (Å²) >= 11 is 0. The van der Waals surface area contributed by atoms with Crippen LogP contribution in [0.5, 0.6) is 0 Å². The van der Waals surface area contributed by atoms with Gasteiger partial charge >= 0.3 is 5.97 Å². The molecule has 3 heteroatoms. The highest BCUT2D eigenvalue weighted by molar-refractivity contribution is 5.87. The van der Waals surface area contributed by atoms with Crippen LogP contribution in [0.3, 0.4) is 0 Å². The molecular formula is C24H23NO2. The van der Waals surface area contributed by atoms with Gasteiger partial charge in [0.25, 0.3) is 0 Å². The van der Waals surface area contributed by atoms with Crippen molar-refractivity contribution in [3.63, 3.8) is 0 Å². The van der Waals surface area contributed by atoms with Crippen LogP contribution in [0.4, 0.5) is 0 Å². The number of fused-ring (bicyclic) bond motifs is 3. The molecule has 3 nitrogen and oxygen atoms in total. The van der Waals surface area contributed by atoms with Crippen molar-refractivity contribution in [1.29, 1.82) is 0 Å². The summed E-state index contributed by atoms with van der Waals surface area (Å²) in [6, 6.07) is 23.7. The predicted molar refractivity (Wildman–Crippen MR) is 108 cm³/mol. The smallest absolute Gasteiger partial charge is 0.321 e. The molecule has 0 bridgehead atoms. The Bertz CT molecular complexity index is 1010. The Morgan fingerprint density at radius 1 is 0.926 bits per heavy atom. The zero-order valence-corrected chi connectivity index (χ0v) is 15.5. The fourth-order valence-electron chi connectivity index (χ4n) is 4.35. The van der Waals surface area contributed by atoms with E-state index in [2.05, 4.69) is 50.2 Å². The fraction of sp³-hybridized carbons (Fsp3) is 0.208. The number of aliphatic carboxylic acids is 1. The van der Waals surface area contributed by atoms with Crippen molar-refractivity contribution in [2.75, 3.05) is 0 Å². The van der Waals surface area contributed by atoms with Gasteiger partial charge in [-0.1, -0.05) is 86.6 Å². The molecule has 3 aromatic rings. The molecule has 3 N–H and O–H groups in total. The maximum Gasteiger partial charge on any atom is 0.321 e. The maximum atomic E-state index is 11.7. The Kier molecular flexibility index (Phi) is 4.12. The first-order valence-electron chi connectivity index (χ1n) is 9.19. The average molecular weight is 357 g/mol. The molecule has 2 unspecified atom stereocenters. The van der Waals surface area contributed by atoms with Crippen molar-refractivity contribution in [2.45, 2.75) is 31.2 Å². The van der Waals surface area contributed by atoms with Crippen LogP contribution in [0.25, 0.3) is 11.1 Å². The zero-order chi connectivity index (χ0) is 19.2. The van der Waals surface area contributed by atoms with Gasteiger partial charge in [0.15, 0.2) is 0 Å². The van der Waals surface area contributed by atoms with E-state index in [-0.39, 0.29) is 11.3 Å². The molecule has 27 heavy (non-hydrogen) atoms. The zero-order valence-electron chi connectivity index (χ0n) is 15.5. The topological polar surface area (TPSA) is 63.3 Å². The molecule has 0 aromatic heterocycles. The van der Waals surface area contributed by atoms with E-state index in [9.17, 15) is 9.90 Å². The van der Waals surface area contributed by atoms with Gasteiger partial charge in [0.1, 0.15) is 6.04 Å². The summed E-state index contributed by atoms with van der Waals surface area (Å²) in [4.78, 5) is 11.7. The number of hydrogen-bond acceptors (Lipinski definition) is 2. The quantitative estimate of drug-likeness (QED) is 0.721. The first-order valence-corrected chi connectivity index (χ1v) is 9.19. The second-order valence-corrected chi connectivity index (χ2v) is 7.69. The first-order chi connectivity index (χ1) is 12.9. The SMILES string of the molecule is CC(C)(c1ccccc1)c1cccc2c1-c1ccccc1C2C(N)C(=O)O. The number of carboxylic acids is 1. The molecule has 2 atom stereocenters. The minimum absolute atomic E-state index is 0.220. The fourth-order valence-corrected chi connectivity index (χ4v) is 4.35. The minimum Gasteiger partial charge on any atom is -0.480 e. The summed E-state index contributed by atoms with van der Waals surface area (Å²) in [6.07, 6.45) is 0. The Balaban J connectivity index is 1.98. The normalized spacial score (nSPS) is 16.5. The van der Waals surface area contributed by atoms with Gasteiger partial charge in [0.05, 0.1) is 0 Å². The van der Waals surface area contributed by atoms with Crippen molar-refractivity contribution in [2.24, 2.45) is 5.73 Å².